The summed E-state index contributed by atoms with van der Waals surface area (Å²) >= 11 is 0. The Kier molecular flexibility index (Phi) is 9.12. The van der Waals surface area contributed by atoms with Gasteiger partial charge in [0.25, 0.3) is 0 Å². The molecule has 0 aromatic rings. The fraction of sp³-hybridized carbons (Fsp3) is 1.00. The maximum absolute atomic E-state index is 5.72. The van der Waals surface area contributed by atoms with Crippen molar-refractivity contribution in [2.75, 3.05) is 13.2 Å². The van der Waals surface area contributed by atoms with Gasteiger partial charge in [0.15, 0.2) is 0 Å². The summed E-state index contributed by atoms with van der Waals surface area (Å²) in [6.07, 6.45) is 3.99. The summed E-state index contributed by atoms with van der Waals surface area (Å²) in [5, 5.41) is 3.50. The first kappa shape index (κ1) is 14.9. The molecule has 0 fully saturated rings. The Morgan fingerprint density at radius 2 is 1.73 bits per heavy atom. The molecule has 0 rings (SSSR count). The van der Waals surface area contributed by atoms with Crippen molar-refractivity contribution in [2.24, 2.45) is 5.92 Å². The van der Waals surface area contributed by atoms with Crippen LogP contribution in [0.4, 0.5) is 0 Å². The van der Waals surface area contributed by atoms with Crippen LogP contribution in [0.5, 0.6) is 0 Å². The molecular weight excluding hydrogens is 186 g/mol. The average Bonchev–Trinajstić information content (AvgIpc) is 2.14. The highest BCUT2D eigenvalue weighted by Crippen LogP contribution is 2.01. The Labute approximate surface area is 95.8 Å². The lowest BCUT2D eigenvalue weighted by molar-refractivity contribution is 0.0570. The summed E-state index contributed by atoms with van der Waals surface area (Å²) in [5.74, 6) is 0.740. The van der Waals surface area contributed by atoms with Crippen molar-refractivity contribution in [1.82, 2.24) is 5.32 Å². The summed E-state index contributed by atoms with van der Waals surface area (Å²) in [4.78, 5) is 0. The third-order valence-corrected chi connectivity index (χ3v) is 2.57. The Morgan fingerprint density at radius 1 is 1.07 bits per heavy atom. The number of ether oxygens (including phenoxy) is 1. The minimum Gasteiger partial charge on any atom is -0.377 e. The first-order valence-electron chi connectivity index (χ1n) is 6.41. The minimum atomic E-state index is 0.336. The van der Waals surface area contributed by atoms with Crippen molar-refractivity contribution >= 4 is 0 Å². The van der Waals surface area contributed by atoms with Gasteiger partial charge in [-0.3, -0.25) is 0 Å². The lowest BCUT2D eigenvalue weighted by Gasteiger charge is -2.18. The number of hydrogen-bond donors (Lipinski definition) is 1. The molecule has 0 aliphatic rings. The van der Waals surface area contributed by atoms with E-state index in [2.05, 4.69) is 39.9 Å². The van der Waals surface area contributed by atoms with Crippen LogP contribution in [-0.4, -0.2) is 25.3 Å². The van der Waals surface area contributed by atoms with Gasteiger partial charge in [0.05, 0.1) is 6.10 Å². The van der Waals surface area contributed by atoms with Gasteiger partial charge in [-0.1, -0.05) is 27.2 Å². The van der Waals surface area contributed by atoms with E-state index in [1.54, 1.807) is 0 Å². The van der Waals surface area contributed by atoms with Crippen molar-refractivity contribution in [1.29, 1.82) is 0 Å². The molecule has 15 heavy (non-hydrogen) atoms. The monoisotopic (exact) mass is 215 g/mol. The lowest BCUT2D eigenvalue weighted by atomic mass is 10.1. The van der Waals surface area contributed by atoms with Gasteiger partial charge in [-0.25, -0.2) is 0 Å². The normalized spacial score (nSPS) is 15.6. The van der Waals surface area contributed by atoms with Crippen molar-refractivity contribution in [3.8, 4) is 0 Å². The summed E-state index contributed by atoms with van der Waals surface area (Å²) in [5.41, 5.74) is 0. The summed E-state index contributed by atoms with van der Waals surface area (Å²) in [6.45, 7) is 12.9. The topological polar surface area (TPSA) is 21.3 Å². The maximum Gasteiger partial charge on any atom is 0.0671 e. The predicted molar refractivity (Wildman–Crippen MR) is 67.2 cm³/mol. The van der Waals surface area contributed by atoms with Gasteiger partial charge in [-0.2, -0.15) is 0 Å². The molecule has 2 unspecified atom stereocenters. The molecule has 92 valence electrons. The molecule has 0 amide bonds. The fourth-order valence-corrected chi connectivity index (χ4v) is 1.47. The first-order chi connectivity index (χ1) is 7.06. The molecule has 0 saturated heterocycles. The molecular formula is C13H29NO. The van der Waals surface area contributed by atoms with E-state index in [-0.39, 0.29) is 0 Å². The van der Waals surface area contributed by atoms with Gasteiger partial charge in [0.1, 0.15) is 0 Å². The average molecular weight is 215 g/mol. The molecule has 0 heterocycles. The Bertz CT molecular complexity index is 136. The lowest BCUT2D eigenvalue weighted by Crippen LogP contribution is -2.33. The van der Waals surface area contributed by atoms with Crippen LogP contribution in [0, 0.1) is 5.92 Å². The van der Waals surface area contributed by atoms with Gasteiger partial charge in [0, 0.05) is 19.2 Å². The highest BCUT2D eigenvalue weighted by Gasteiger charge is 2.05. The molecule has 2 atom stereocenters. The molecule has 0 aliphatic carbocycles. The van der Waals surface area contributed by atoms with Crippen LogP contribution in [0.25, 0.3) is 0 Å². The Hall–Kier alpha value is -0.0800. The zero-order valence-electron chi connectivity index (χ0n) is 11.2. The van der Waals surface area contributed by atoms with Crippen molar-refractivity contribution in [3.63, 3.8) is 0 Å². The maximum atomic E-state index is 5.72. The van der Waals surface area contributed by atoms with E-state index >= 15 is 0 Å². The van der Waals surface area contributed by atoms with Crippen LogP contribution in [-0.2, 0) is 4.74 Å². The summed E-state index contributed by atoms with van der Waals surface area (Å²) in [6, 6.07) is 0.617. The molecule has 0 aromatic heterocycles. The third-order valence-electron chi connectivity index (χ3n) is 2.57. The second-order valence-electron chi connectivity index (χ2n) is 4.96. The molecule has 0 aromatic carbocycles. The van der Waals surface area contributed by atoms with Gasteiger partial charge in [-0.15, -0.1) is 0 Å². The second-order valence-corrected chi connectivity index (χ2v) is 4.96. The summed E-state index contributed by atoms with van der Waals surface area (Å²) in [7, 11) is 0. The molecule has 0 spiro atoms. The van der Waals surface area contributed by atoms with Crippen LogP contribution in [0.1, 0.15) is 53.9 Å². The number of rotatable bonds is 9. The van der Waals surface area contributed by atoms with Crippen LogP contribution < -0.4 is 5.32 Å². The molecule has 0 bridgehead atoms. The van der Waals surface area contributed by atoms with Gasteiger partial charge in [-0.05, 0) is 32.6 Å². The summed E-state index contributed by atoms with van der Waals surface area (Å²) < 4.78 is 5.72. The highest BCUT2D eigenvalue weighted by atomic mass is 16.5. The van der Waals surface area contributed by atoms with E-state index in [9.17, 15) is 0 Å². The highest BCUT2D eigenvalue weighted by molar-refractivity contribution is 4.63. The first-order valence-corrected chi connectivity index (χ1v) is 6.41. The molecule has 0 aliphatic heterocycles. The van der Waals surface area contributed by atoms with E-state index in [4.69, 9.17) is 4.74 Å². The van der Waals surface area contributed by atoms with E-state index in [1.165, 1.54) is 12.8 Å². The molecule has 2 heteroatoms. The Morgan fingerprint density at radius 3 is 2.27 bits per heavy atom. The fourth-order valence-electron chi connectivity index (χ4n) is 1.47. The Balaban J connectivity index is 3.36. The molecule has 1 N–H and O–H groups in total. The zero-order valence-corrected chi connectivity index (χ0v) is 11.2. The molecule has 0 saturated carbocycles. The van der Waals surface area contributed by atoms with Crippen molar-refractivity contribution in [3.05, 3.63) is 0 Å². The smallest absolute Gasteiger partial charge is 0.0671 e. The van der Waals surface area contributed by atoms with E-state index in [0.29, 0.717) is 12.1 Å². The van der Waals surface area contributed by atoms with Crippen molar-refractivity contribution < 1.29 is 4.74 Å². The third kappa shape index (κ3) is 10.2. The second kappa shape index (κ2) is 9.17. The van der Waals surface area contributed by atoms with Gasteiger partial charge in [0.2, 0.25) is 0 Å². The number of hydrogen-bond acceptors (Lipinski definition) is 2. The quantitative estimate of drug-likeness (QED) is 0.637. The predicted octanol–water partition coefficient (Wildman–Crippen LogP) is 3.22. The number of nitrogens with one attached hydrogen (secondary N) is 1. The van der Waals surface area contributed by atoms with Gasteiger partial charge < -0.3 is 10.1 Å². The largest absolute Gasteiger partial charge is 0.377 e. The van der Waals surface area contributed by atoms with Crippen LogP contribution in [0.15, 0.2) is 0 Å². The van der Waals surface area contributed by atoms with Crippen LogP contribution in [0.2, 0.25) is 0 Å². The van der Waals surface area contributed by atoms with E-state index < -0.39 is 0 Å². The van der Waals surface area contributed by atoms with Gasteiger partial charge >= 0.3 is 0 Å². The zero-order chi connectivity index (χ0) is 11.7. The minimum absolute atomic E-state index is 0.336. The SMILES string of the molecule is CCCC(C)NCC(C)OCCC(C)C. The van der Waals surface area contributed by atoms with Crippen LogP contribution in [0.3, 0.4) is 0 Å². The van der Waals surface area contributed by atoms with E-state index in [1.807, 2.05) is 0 Å². The molecule has 2 nitrogen and oxygen atoms in total. The molecule has 0 radical (unpaired) electrons. The van der Waals surface area contributed by atoms with E-state index in [0.717, 1.165) is 25.5 Å². The van der Waals surface area contributed by atoms with Crippen LogP contribution >= 0.6 is 0 Å². The van der Waals surface area contributed by atoms with Crippen molar-refractivity contribution in [2.45, 2.75) is 66.0 Å². The standard InChI is InChI=1S/C13H29NO/c1-6-7-12(4)14-10-13(5)15-9-8-11(2)3/h11-14H,6-10H2,1-5H3.